The van der Waals surface area contributed by atoms with Gasteiger partial charge in [-0.15, -0.1) is 24.0 Å². The molecule has 1 atom stereocenters. The highest BCUT2D eigenvalue weighted by molar-refractivity contribution is 14.0. The summed E-state index contributed by atoms with van der Waals surface area (Å²) in [5.41, 5.74) is 1.17. The summed E-state index contributed by atoms with van der Waals surface area (Å²) in [6, 6.07) is 12.5. The van der Waals surface area contributed by atoms with E-state index in [0.29, 0.717) is 13.1 Å². The first-order valence-corrected chi connectivity index (χ1v) is 8.47. The van der Waals surface area contributed by atoms with Crippen molar-refractivity contribution in [1.29, 1.82) is 0 Å². The van der Waals surface area contributed by atoms with Crippen LogP contribution in [0.2, 0.25) is 0 Å². The Morgan fingerprint density at radius 3 is 2.72 bits per heavy atom. The number of hydrogen-bond donors (Lipinski definition) is 2. The number of likely N-dealkylation sites (tertiary alicyclic amines) is 1. The van der Waals surface area contributed by atoms with Crippen molar-refractivity contribution in [2.45, 2.75) is 26.0 Å². The number of aliphatic hydroxyl groups excluding tert-OH is 1. The number of rotatable bonds is 4. The fourth-order valence-corrected chi connectivity index (χ4v) is 3.02. The molecule has 2 N–H and O–H groups in total. The van der Waals surface area contributed by atoms with E-state index >= 15 is 0 Å². The highest BCUT2D eigenvalue weighted by Gasteiger charge is 2.22. The Bertz CT molecular complexity index is 736. The molecule has 2 aromatic rings. The third-order valence-electron chi connectivity index (χ3n) is 4.32. The van der Waals surface area contributed by atoms with E-state index in [1.54, 1.807) is 7.11 Å². The van der Waals surface area contributed by atoms with Crippen LogP contribution in [0.25, 0.3) is 10.8 Å². The van der Waals surface area contributed by atoms with E-state index in [1.807, 2.05) is 12.1 Å². The average molecular weight is 455 g/mol. The van der Waals surface area contributed by atoms with Gasteiger partial charge in [-0.05, 0) is 47.9 Å². The lowest BCUT2D eigenvalue weighted by atomic mass is 10.1. The average Bonchev–Trinajstić information content (AvgIpc) is 3.04. The van der Waals surface area contributed by atoms with Crippen molar-refractivity contribution in [3.63, 3.8) is 0 Å². The molecule has 1 heterocycles. The molecule has 1 aliphatic heterocycles. The van der Waals surface area contributed by atoms with Crippen LogP contribution in [0, 0.1) is 0 Å². The van der Waals surface area contributed by atoms with Crippen molar-refractivity contribution in [2.75, 3.05) is 26.7 Å². The number of aliphatic imine (C=N–C) groups is 1. The minimum absolute atomic E-state index is 0. The Morgan fingerprint density at radius 2 is 2.04 bits per heavy atom. The third-order valence-corrected chi connectivity index (χ3v) is 4.32. The normalized spacial score (nSPS) is 17.5. The molecule has 3 rings (SSSR count). The van der Waals surface area contributed by atoms with Crippen LogP contribution in [0.3, 0.4) is 0 Å². The second-order valence-electron chi connectivity index (χ2n) is 6.11. The van der Waals surface area contributed by atoms with Gasteiger partial charge in [0.25, 0.3) is 0 Å². The van der Waals surface area contributed by atoms with Gasteiger partial charge in [-0.25, -0.2) is 4.99 Å². The number of guanidine groups is 1. The van der Waals surface area contributed by atoms with Gasteiger partial charge in [0.2, 0.25) is 0 Å². The zero-order valence-electron chi connectivity index (χ0n) is 14.7. The highest BCUT2D eigenvalue weighted by Crippen LogP contribution is 2.22. The van der Waals surface area contributed by atoms with Gasteiger partial charge in [0.1, 0.15) is 5.75 Å². The molecule has 1 aliphatic rings. The van der Waals surface area contributed by atoms with E-state index in [0.717, 1.165) is 36.6 Å². The number of halogens is 1. The van der Waals surface area contributed by atoms with Crippen LogP contribution < -0.4 is 10.1 Å². The van der Waals surface area contributed by atoms with E-state index < -0.39 is 0 Å². The van der Waals surface area contributed by atoms with Gasteiger partial charge in [-0.2, -0.15) is 0 Å². The lowest BCUT2D eigenvalue weighted by Crippen LogP contribution is -2.40. The number of nitrogens with zero attached hydrogens (tertiary/aromatic N) is 2. The van der Waals surface area contributed by atoms with Crippen molar-refractivity contribution in [2.24, 2.45) is 4.99 Å². The molecular formula is C19H26IN3O2. The molecule has 0 unspecified atom stereocenters. The topological polar surface area (TPSA) is 57.1 Å². The van der Waals surface area contributed by atoms with Gasteiger partial charge in [0, 0.05) is 19.6 Å². The Hall–Kier alpha value is -1.54. The fraction of sp³-hybridized carbons (Fsp3) is 0.421. The number of fused-ring (bicyclic) bond motifs is 1. The first-order chi connectivity index (χ1) is 11.7. The molecule has 0 aliphatic carbocycles. The molecule has 0 saturated carbocycles. The summed E-state index contributed by atoms with van der Waals surface area (Å²) in [7, 11) is 1.68. The predicted molar refractivity (Wildman–Crippen MR) is 113 cm³/mol. The summed E-state index contributed by atoms with van der Waals surface area (Å²) in [4.78, 5) is 6.86. The zero-order valence-corrected chi connectivity index (χ0v) is 17.1. The minimum Gasteiger partial charge on any atom is -0.497 e. The number of hydrogen-bond acceptors (Lipinski definition) is 3. The van der Waals surface area contributed by atoms with Gasteiger partial charge in [0.05, 0.1) is 19.8 Å². The number of aliphatic hydroxyl groups is 1. The first-order valence-electron chi connectivity index (χ1n) is 8.47. The quantitative estimate of drug-likeness (QED) is 0.423. The second kappa shape index (κ2) is 9.24. The van der Waals surface area contributed by atoms with E-state index in [4.69, 9.17) is 9.73 Å². The van der Waals surface area contributed by atoms with Crippen LogP contribution in [0.4, 0.5) is 0 Å². The van der Waals surface area contributed by atoms with Crippen LogP contribution in [0.15, 0.2) is 41.4 Å². The van der Waals surface area contributed by atoms with E-state index in [2.05, 4.69) is 41.4 Å². The van der Waals surface area contributed by atoms with Gasteiger partial charge < -0.3 is 20.1 Å². The maximum atomic E-state index is 9.73. The van der Waals surface area contributed by atoms with Crippen LogP contribution in [-0.2, 0) is 6.54 Å². The number of methoxy groups -OCH3 is 1. The molecule has 0 bridgehead atoms. The second-order valence-corrected chi connectivity index (χ2v) is 6.11. The molecule has 6 heteroatoms. The standard InChI is InChI=1S/C19H25N3O2.HI/c1-3-20-19(22-9-8-17(23)13-22)21-12-14-4-5-16-11-18(24-2)7-6-15(16)10-14;/h4-7,10-11,17,23H,3,8-9,12-13H2,1-2H3,(H,20,21);1H/t17-;/m1./s1. The maximum Gasteiger partial charge on any atom is 0.194 e. The molecular weight excluding hydrogens is 429 g/mol. The van der Waals surface area contributed by atoms with E-state index in [9.17, 15) is 5.11 Å². The molecule has 136 valence electrons. The van der Waals surface area contributed by atoms with Crippen LogP contribution in [0.1, 0.15) is 18.9 Å². The van der Waals surface area contributed by atoms with E-state index in [-0.39, 0.29) is 30.1 Å². The minimum atomic E-state index is -0.246. The van der Waals surface area contributed by atoms with Crippen molar-refractivity contribution in [3.8, 4) is 5.75 Å². The summed E-state index contributed by atoms with van der Waals surface area (Å²) in [6.45, 7) is 5.01. The molecule has 1 fully saturated rings. The van der Waals surface area contributed by atoms with Gasteiger partial charge in [-0.3, -0.25) is 0 Å². The highest BCUT2D eigenvalue weighted by atomic mass is 127. The summed E-state index contributed by atoms with van der Waals surface area (Å²) in [5, 5.41) is 15.4. The summed E-state index contributed by atoms with van der Waals surface area (Å²) in [6.07, 6.45) is 0.562. The van der Waals surface area contributed by atoms with Gasteiger partial charge >= 0.3 is 0 Å². The van der Waals surface area contributed by atoms with Crippen molar-refractivity contribution in [1.82, 2.24) is 10.2 Å². The SMILES string of the molecule is CCNC(=NCc1ccc2cc(OC)ccc2c1)N1CC[C@@H](O)C1.I. The monoisotopic (exact) mass is 455 g/mol. The van der Waals surface area contributed by atoms with Crippen molar-refractivity contribution in [3.05, 3.63) is 42.0 Å². The smallest absolute Gasteiger partial charge is 0.194 e. The largest absolute Gasteiger partial charge is 0.497 e. The van der Waals surface area contributed by atoms with Gasteiger partial charge in [-0.1, -0.05) is 18.2 Å². The van der Waals surface area contributed by atoms with E-state index in [1.165, 1.54) is 10.9 Å². The predicted octanol–water partition coefficient (Wildman–Crippen LogP) is 3.00. The molecule has 0 aromatic heterocycles. The summed E-state index contributed by atoms with van der Waals surface area (Å²) < 4.78 is 5.27. The number of β-amino-alcohol motifs (C(OH)–C–C–N with tert-alkyl or cyclic N) is 1. The lowest BCUT2D eigenvalue weighted by molar-refractivity contribution is 0.188. The van der Waals surface area contributed by atoms with Crippen LogP contribution in [0.5, 0.6) is 5.75 Å². The molecule has 5 nitrogen and oxygen atoms in total. The summed E-state index contributed by atoms with van der Waals surface area (Å²) in [5.74, 6) is 1.75. The Balaban J connectivity index is 0.00000225. The number of benzene rings is 2. The lowest BCUT2D eigenvalue weighted by Gasteiger charge is -2.21. The maximum absolute atomic E-state index is 9.73. The van der Waals surface area contributed by atoms with Crippen molar-refractivity contribution >= 4 is 40.7 Å². The summed E-state index contributed by atoms with van der Waals surface area (Å²) >= 11 is 0. The van der Waals surface area contributed by atoms with Crippen LogP contribution in [-0.4, -0.2) is 48.8 Å². The fourth-order valence-electron chi connectivity index (χ4n) is 3.02. The van der Waals surface area contributed by atoms with Gasteiger partial charge in [0.15, 0.2) is 5.96 Å². The molecule has 25 heavy (non-hydrogen) atoms. The Morgan fingerprint density at radius 1 is 1.28 bits per heavy atom. The number of ether oxygens (including phenoxy) is 1. The zero-order chi connectivity index (χ0) is 16.9. The van der Waals surface area contributed by atoms with Crippen molar-refractivity contribution < 1.29 is 9.84 Å². The first kappa shape index (κ1) is 19.8. The molecule has 0 spiro atoms. The number of nitrogens with one attached hydrogen (secondary N) is 1. The van der Waals surface area contributed by atoms with Crippen LogP contribution >= 0.6 is 24.0 Å². The Labute approximate surface area is 166 Å². The third kappa shape index (κ3) is 4.98. The molecule has 0 amide bonds. The molecule has 2 aromatic carbocycles. The Kier molecular flexibility index (Phi) is 7.31. The molecule has 0 radical (unpaired) electrons. The molecule has 1 saturated heterocycles.